The van der Waals surface area contributed by atoms with Gasteiger partial charge in [-0.3, -0.25) is 0 Å². The summed E-state index contributed by atoms with van der Waals surface area (Å²) >= 11 is 0. The number of alkyl halides is 3. The van der Waals surface area contributed by atoms with Crippen molar-refractivity contribution < 1.29 is 35.5 Å². The molecular formula is C33H33F7O. The molecule has 0 radical (unpaired) electrons. The highest BCUT2D eigenvalue weighted by atomic mass is 19.3. The van der Waals surface area contributed by atoms with Crippen molar-refractivity contribution in [1.29, 1.82) is 0 Å². The third kappa shape index (κ3) is 6.41. The highest BCUT2D eigenvalue weighted by Gasteiger charge is 2.44. The maximum atomic E-state index is 15.2. The first-order valence-corrected chi connectivity index (χ1v) is 14.3. The fourth-order valence-corrected chi connectivity index (χ4v) is 6.39. The SMILES string of the molecule is CC1CCC(c2ccc(-c3ccc(C4CCC(C(F)(F)Oc5cc(F)c(CF)c(F)c5)CC4)c(F)c3)c(F)c2)CC1. The normalized spacial score (nSPS) is 23.4. The van der Waals surface area contributed by atoms with E-state index in [-0.39, 0.29) is 31.6 Å². The van der Waals surface area contributed by atoms with Crippen LogP contribution in [-0.4, -0.2) is 6.11 Å². The zero-order valence-corrected chi connectivity index (χ0v) is 22.8. The average Bonchev–Trinajstić information content (AvgIpc) is 2.93. The first-order chi connectivity index (χ1) is 19.6. The quantitative estimate of drug-likeness (QED) is 0.254. The summed E-state index contributed by atoms with van der Waals surface area (Å²) in [7, 11) is 0. The van der Waals surface area contributed by atoms with Gasteiger partial charge in [-0.05, 0) is 85.1 Å². The monoisotopic (exact) mass is 578 g/mol. The van der Waals surface area contributed by atoms with E-state index in [1.54, 1.807) is 24.3 Å². The van der Waals surface area contributed by atoms with Crippen LogP contribution in [0.5, 0.6) is 5.75 Å². The molecule has 0 aliphatic heterocycles. The predicted molar refractivity (Wildman–Crippen MR) is 144 cm³/mol. The molecule has 2 saturated carbocycles. The molecule has 8 heteroatoms. The van der Waals surface area contributed by atoms with Gasteiger partial charge in [-0.2, -0.15) is 8.78 Å². The van der Waals surface area contributed by atoms with Gasteiger partial charge >= 0.3 is 6.11 Å². The van der Waals surface area contributed by atoms with Crippen molar-refractivity contribution in [2.75, 3.05) is 0 Å². The lowest BCUT2D eigenvalue weighted by Gasteiger charge is -2.33. The molecule has 0 heterocycles. The molecule has 0 unspecified atom stereocenters. The summed E-state index contributed by atoms with van der Waals surface area (Å²) < 4.78 is 105. The van der Waals surface area contributed by atoms with Crippen LogP contribution in [0, 0.1) is 35.1 Å². The Balaban J connectivity index is 1.23. The molecule has 0 saturated heterocycles. The van der Waals surface area contributed by atoms with E-state index in [0.717, 1.165) is 31.2 Å². The summed E-state index contributed by atoms with van der Waals surface area (Å²) in [4.78, 5) is 0. The van der Waals surface area contributed by atoms with Gasteiger partial charge in [0.1, 0.15) is 35.7 Å². The van der Waals surface area contributed by atoms with Gasteiger partial charge in [0.25, 0.3) is 0 Å². The van der Waals surface area contributed by atoms with Crippen LogP contribution in [0.4, 0.5) is 30.7 Å². The van der Waals surface area contributed by atoms with Gasteiger partial charge in [-0.25, -0.2) is 22.0 Å². The molecule has 3 aromatic rings. The highest BCUT2D eigenvalue weighted by molar-refractivity contribution is 5.65. The smallest absolute Gasteiger partial charge is 0.400 e. The van der Waals surface area contributed by atoms with Crippen molar-refractivity contribution in [3.8, 4) is 16.9 Å². The van der Waals surface area contributed by atoms with E-state index < -0.39 is 53.3 Å². The second kappa shape index (κ2) is 12.1. The van der Waals surface area contributed by atoms with Crippen molar-refractivity contribution in [3.63, 3.8) is 0 Å². The summed E-state index contributed by atoms with van der Waals surface area (Å²) in [5, 5.41) is 0. The van der Waals surface area contributed by atoms with E-state index in [0.29, 0.717) is 40.7 Å². The molecular weight excluding hydrogens is 545 g/mol. The zero-order chi connectivity index (χ0) is 29.3. The highest BCUT2D eigenvalue weighted by Crippen LogP contribution is 2.44. The van der Waals surface area contributed by atoms with E-state index in [1.807, 2.05) is 6.07 Å². The van der Waals surface area contributed by atoms with Crippen LogP contribution in [0.1, 0.15) is 86.8 Å². The van der Waals surface area contributed by atoms with Crippen molar-refractivity contribution in [2.24, 2.45) is 11.8 Å². The maximum Gasteiger partial charge on any atom is 0.400 e. The molecule has 0 aromatic heterocycles. The summed E-state index contributed by atoms with van der Waals surface area (Å²) in [6, 6.07) is 10.8. The van der Waals surface area contributed by atoms with E-state index in [9.17, 15) is 22.0 Å². The summed E-state index contributed by atoms with van der Waals surface area (Å²) in [6.07, 6.45) is 1.13. The number of hydrogen-bond donors (Lipinski definition) is 0. The Bertz CT molecular complexity index is 1350. The number of halogens is 7. The van der Waals surface area contributed by atoms with Crippen molar-refractivity contribution in [1.82, 2.24) is 0 Å². The summed E-state index contributed by atoms with van der Waals surface area (Å²) in [5.74, 6) is -4.74. The maximum absolute atomic E-state index is 15.2. The van der Waals surface area contributed by atoms with E-state index >= 15 is 8.78 Å². The Labute approximate surface area is 235 Å². The first kappa shape index (κ1) is 29.5. The zero-order valence-electron chi connectivity index (χ0n) is 22.8. The minimum atomic E-state index is -3.72. The molecule has 0 spiro atoms. The standard InChI is InChI=1S/C33H33F7O/c1-19-2-4-20(5-3-19)22-8-12-27(29(35)14-22)23-9-13-26(30(36)15-23)21-6-10-24(11-7-21)33(39,40)41-25-16-31(37)28(18-34)32(38)17-25/h8-9,12-17,19-21,24H,2-7,10-11,18H2,1H3. The van der Waals surface area contributed by atoms with Crippen LogP contribution in [0.25, 0.3) is 11.1 Å². The second-order valence-corrected chi connectivity index (χ2v) is 11.6. The van der Waals surface area contributed by atoms with Gasteiger partial charge in [0.2, 0.25) is 0 Å². The molecule has 0 bridgehead atoms. The van der Waals surface area contributed by atoms with Crippen molar-refractivity contribution in [2.45, 2.75) is 82.9 Å². The lowest BCUT2D eigenvalue weighted by atomic mass is 9.77. The van der Waals surface area contributed by atoms with Crippen LogP contribution in [0.2, 0.25) is 0 Å². The Morgan fingerprint density at radius 3 is 1.93 bits per heavy atom. The Kier molecular flexibility index (Phi) is 8.67. The minimum Gasteiger partial charge on any atom is -0.432 e. The van der Waals surface area contributed by atoms with E-state index in [1.165, 1.54) is 6.07 Å². The first-order valence-electron chi connectivity index (χ1n) is 14.3. The lowest BCUT2D eigenvalue weighted by Crippen LogP contribution is -2.37. The van der Waals surface area contributed by atoms with Crippen LogP contribution in [-0.2, 0) is 6.67 Å². The molecule has 0 atom stereocenters. The fraction of sp³-hybridized carbons (Fsp3) is 0.455. The predicted octanol–water partition coefficient (Wildman–Crippen LogP) is 10.6. The number of benzene rings is 3. The van der Waals surface area contributed by atoms with Crippen molar-refractivity contribution in [3.05, 3.63) is 88.5 Å². The van der Waals surface area contributed by atoms with E-state index in [4.69, 9.17) is 0 Å². The van der Waals surface area contributed by atoms with Gasteiger partial charge in [-0.15, -0.1) is 0 Å². The molecule has 220 valence electrons. The van der Waals surface area contributed by atoms with Crippen LogP contribution >= 0.6 is 0 Å². The van der Waals surface area contributed by atoms with Crippen LogP contribution in [0.3, 0.4) is 0 Å². The largest absolute Gasteiger partial charge is 0.432 e. The van der Waals surface area contributed by atoms with Crippen LogP contribution in [0.15, 0.2) is 48.5 Å². The third-order valence-corrected chi connectivity index (χ3v) is 8.94. The fourth-order valence-electron chi connectivity index (χ4n) is 6.39. The molecule has 2 aliphatic carbocycles. The average molecular weight is 579 g/mol. The summed E-state index contributed by atoms with van der Waals surface area (Å²) in [6.45, 7) is 0.828. The molecule has 3 aromatic carbocycles. The number of rotatable bonds is 7. The number of hydrogen-bond acceptors (Lipinski definition) is 1. The second-order valence-electron chi connectivity index (χ2n) is 11.6. The molecule has 41 heavy (non-hydrogen) atoms. The molecule has 5 rings (SSSR count). The third-order valence-electron chi connectivity index (χ3n) is 8.94. The topological polar surface area (TPSA) is 9.23 Å². The van der Waals surface area contributed by atoms with Gasteiger partial charge in [0.05, 0.1) is 11.5 Å². The summed E-state index contributed by atoms with van der Waals surface area (Å²) in [5.41, 5.74) is 1.24. The minimum absolute atomic E-state index is 0.00240. The molecule has 0 N–H and O–H groups in total. The van der Waals surface area contributed by atoms with Gasteiger partial charge < -0.3 is 4.74 Å². The molecule has 2 aliphatic rings. The molecule has 0 amide bonds. The van der Waals surface area contributed by atoms with Crippen LogP contribution < -0.4 is 4.74 Å². The van der Waals surface area contributed by atoms with Gasteiger partial charge in [-0.1, -0.05) is 44.0 Å². The lowest BCUT2D eigenvalue weighted by molar-refractivity contribution is -0.222. The Hall–Kier alpha value is -3.03. The van der Waals surface area contributed by atoms with Gasteiger partial charge in [0.15, 0.2) is 0 Å². The Morgan fingerprint density at radius 2 is 1.34 bits per heavy atom. The van der Waals surface area contributed by atoms with E-state index in [2.05, 4.69) is 11.7 Å². The molecule has 2 fully saturated rings. The van der Waals surface area contributed by atoms with Gasteiger partial charge in [0, 0.05) is 17.7 Å². The Morgan fingerprint density at radius 1 is 0.707 bits per heavy atom. The number of ether oxygens (including phenoxy) is 1. The van der Waals surface area contributed by atoms with Crippen molar-refractivity contribution >= 4 is 0 Å². The molecule has 1 nitrogen and oxygen atoms in total.